The van der Waals surface area contributed by atoms with Crippen molar-refractivity contribution >= 4 is 0 Å². The van der Waals surface area contributed by atoms with Gasteiger partial charge in [-0.3, -0.25) is 0 Å². The number of benzene rings is 1. The van der Waals surface area contributed by atoms with Crippen LogP contribution in [0.4, 0.5) is 0 Å². The second-order valence-electron chi connectivity index (χ2n) is 6.06. The molecule has 3 atom stereocenters. The third-order valence-electron chi connectivity index (χ3n) is 4.04. The number of rotatable bonds is 8. The van der Waals surface area contributed by atoms with Crippen LogP contribution < -0.4 is 10.1 Å². The summed E-state index contributed by atoms with van der Waals surface area (Å²) in [6.07, 6.45) is 3.58. The number of ether oxygens (including phenoxy) is 2. The first-order valence-electron chi connectivity index (χ1n) is 8.24. The molecule has 1 aliphatic rings. The van der Waals surface area contributed by atoms with E-state index in [2.05, 4.69) is 51.2 Å². The van der Waals surface area contributed by atoms with Crippen LogP contribution >= 0.6 is 0 Å². The van der Waals surface area contributed by atoms with Gasteiger partial charge in [0.05, 0.1) is 0 Å². The molecule has 1 aliphatic carbocycles. The molecule has 3 heteroatoms. The van der Waals surface area contributed by atoms with E-state index in [0.717, 1.165) is 38.2 Å². The SMILES string of the molecule is CCCNC1CC(Oc2cc(C)ccc2C)C1OCCC. The molecule has 0 bridgehead atoms. The van der Waals surface area contributed by atoms with E-state index in [1.807, 2.05) is 0 Å². The fourth-order valence-electron chi connectivity index (χ4n) is 2.70. The van der Waals surface area contributed by atoms with E-state index >= 15 is 0 Å². The Morgan fingerprint density at radius 3 is 2.71 bits per heavy atom. The summed E-state index contributed by atoms with van der Waals surface area (Å²) < 4.78 is 12.2. The molecule has 1 aromatic carbocycles. The number of hydrogen-bond donors (Lipinski definition) is 1. The maximum Gasteiger partial charge on any atom is 0.128 e. The van der Waals surface area contributed by atoms with Gasteiger partial charge in [0.1, 0.15) is 18.0 Å². The quantitative estimate of drug-likeness (QED) is 0.793. The number of aryl methyl sites for hydroxylation is 2. The first-order valence-corrected chi connectivity index (χ1v) is 8.24. The van der Waals surface area contributed by atoms with Crippen LogP contribution in [0.5, 0.6) is 5.75 Å². The zero-order valence-electron chi connectivity index (χ0n) is 13.8. The number of hydrogen-bond acceptors (Lipinski definition) is 3. The van der Waals surface area contributed by atoms with Crippen LogP contribution in [-0.4, -0.2) is 31.4 Å². The van der Waals surface area contributed by atoms with Gasteiger partial charge in [-0.2, -0.15) is 0 Å². The molecule has 0 amide bonds. The molecular formula is C18H29NO2. The van der Waals surface area contributed by atoms with Gasteiger partial charge in [-0.15, -0.1) is 0 Å². The Labute approximate surface area is 129 Å². The molecule has 1 saturated carbocycles. The van der Waals surface area contributed by atoms with Crippen molar-refractivity contribution in [1.82, 2.24) is 5.32 Å². The van der Waals surface area contributed by atoms with Crippen molar-refractivity contribution in [2.24, 2.45) is 0 Å². The first kappa shape index (κ1) is 16.3. The average Bonchev–Trinajstić information content (AvgIpc) is 2.46. The summed E-state index contributed by atoms with van der Waals surface area (Å²) in [4.78, 5) is 0. The van der Waals surface area contributed by atoms with Crippen LogP contribution in [0.1, 0.15) is 44.2 Å². The molecule has 2 rings (SSSR count). The van der Waals surface area contributed by atoms with Crippen LogP contribution in [0, 0.1) is 13.8 Å². The van der Waals surface area contributed by atoms with Crippen LogP contribution in [0.3, 0.4) is 0 Å². The molecule has 0 heterocycles. The molecule has 0 radical (unpaired) electrons. The summed E-state index contributed by atoms with van der Waals surface area (Å²) >= 11 is 0. The van der Waals surface area contributed by atoms with Crippen molar-refractivity contribution in [1.29, 1.82) is 0 Å². The van der Waals surface area contributed by atoms with Gasteiger partial charge < -0.3 is 14.8 Å². The molecule has 3 unspecified atom stereocenters. The smallest absolute Gasteiger partial charge is 0.128 e. The Bertz CT molecular complexity index is 447. The largest absolute Gasteiger partial charge is 0.487 e. The summed E-state index contributed by atoms with van der Waals surface area (Å²) in [5.41, 5.74) is 2.43. The monoisotopic (exact) mass is 291 g/mol. The lowest BCUT2D eigenvalue weighted by atomic mass is 9.85. The standard InChI is InChI=1S/C18H29NO2/c1-5-9-19-15-12-17(18(15)20-10-6-2)21-16-11-13(3)7-8-14(16)4/h7-8,11,15,17-19H,5-6,9-10,12H2,1-4H3. The van der Waals surface area contributed by atoms with Crippen molar-refractivity contribution in [3.63, 3.8) is 0 Å². The first-order chi connectivity index (χ1) is 10.2. The van der Waals surface area contributed by atoms with Gasteiger partial charge in [-0.05, 0) is 50.4 Å². The van der Waals surface area contributed by atoms with Crippen molar-refractivity contribution in [2.75, 3.05) is 13.2 Å². The molecule has 0 saturated heterocycles. The predicted octanol–water partition coefficient (Wildman–Crippen LogP) is 3.62. The van der Waals surface area contributed by atoms with E-state index in [-0.39, 0.29) is 12.2 Å². The third kappa shape index (κ3) is 4.21. The highest BCUT2D eigenvalue weighted by Crippen LogP contribution is 2.31. The van der Waals surface area contributed by atoms with Crippen LogP contribution in [0.25, 0.3) is 0 Å². The van der Waals surface area contributed by atoms with Crippen molar-refractivity contribution in [2.45, 2.75) is 65.2 Å². The molecule has 21 heavy (non-hydrogen) atoms. The average molecular weight is 291 g/mol. The summed E-state index contributed by atoms with van der Waals surface area (Å²) in [5.74, 6) is 0.999. The zero-order valence-corrected chi connectivity index (χ0v) is 13.8. The van der Waals surface area contributed by atoms with Gasteiger partial charge in [0.25, 0.3) is 0 Å². The predicted molar refractivity (Wildman–Crippen MR) is 87.1 cm³/mol. The minimum atomic E-state index is 0.173. The van der Waals surface area contributed by atoms with Crippen LogP contribution in [-0.2, 0) is 4.74 Å². The van der Waals surface area contributed by atoms with Gasteiger partial charge in [0, 0.05) is 19.1 Å². The minimum Gasteiger partial charge on any atom is -0.487 e. The number of nitrogens with one attached hydrogen (secondary N) is 1. The van der Waals surface area contributed by atoms with E-state index in [4.69, 9.17) is 9.47 Å². The molecular weight excluding hydrogens is 262 g/mol. The van der Waals surface area contributed by atoms with E-state index in [1.54, 1.807) is 0 Å². The summed E-state index contributed by atoms with van der Waals surface area (Å²) in [7, 11) is 0. The second-order valence-corrected chi connectivity index (χ2v) is 6.06. The molecule has 0 aliphatic heterocycles. The molecule has 0 aromatic heterocycles. The molecule has 3 nitrogen and oxygen atoms in total. The fraction of sp³-hybridized carbons (Fsp3) is 0.667. The lowest BCUT2D eigenvalue weighted by Gasteiger charge is -2.44. The Morgan fingerprint density at radius 2 is 2.00 bits per heavy atom. The van der Waals surface area contributed by atoms with Crippen molar-refractivity contribution in [3.8, 4) is 5.75 Å². The Hall–Kier alpha value is -1.06. The second kappa shape index (κ2) is 7.81. The lowest BCUT2D eigenvalue weighted by molar-refractivity contribution is -0.108. The highest BCUT2D eigenvalue weighted by molar-refractivity contribution is 5.36. The van der Waals surface area contributed by atoms with Gasteiger partial charge in [0.15, 0.2) is 0 Å². The van der Waals surface area contributed by atoms with E-state index in [1.165, 1.54) is 11.1 Å². The maximum atomic E-state index is 6.22. The Kier molecular flexibility index (Phi) is 6.07. The lowest BCUT2D eigenvalue weighted by Crippen LogP contribution is -2.61. The van der Waals surface area contributed by atoms with E-state index in [0.29, 0.717) is 6.04 Å². The highest BCUT2D eigenvalue weighted by Gasteiger charge is 2.43. The Balaban J connectivity index is 1.96. The van der Waals surface area contributed by atoms with E-state index in [9.17, 15) is 0 Å². The van der Waals surface area contributed by atoms with Crippen LogP contribution in [0.2, 0.25) is 0 Å². The summed E-state index contributed by atoms with van der Waals surface area (Å²) in [5, 5.41) is 3.56. The summed E-state index contributed by atoms with van der Waals surface area (Å²) in [6, 6.07) is 6.81. The van der Waals surface area contributed by atoms with Gasteiger partial charge in [0.2, 0.25) is 0 Å². The van der Waals surface area contributed by atoms with Crippen LogP contribution in [0.15, 0.2) is 18.2 Å². The summed E-state index contributed by atoms with van der Waals surface area (Å²) in [6.45, 7) is 10.4. The fourth-order valence-corrected chi connectivity index (χ4v) is 2.70. The topological polar surface area (TPSA) is 30.5 Å². The van der Waals surface area contributed by atoms with Crippen molar-refractivity contribution in [3.05, 3.63) is 29.3 Å². The third-order valence-corrected chi connectivity index (χ3v) is 4.04. The Morgan fingerprint density at radius 1 is 1.19 bits per heavy atom. The molecule has 0 spiro atoms. The van der Waals surface area contributed by atoms with Gasteiger partial charge in [-0.1, -0.05) is 26.0 Å². The molecule has 118 valence electrons. The minimum absolute atomic E-state index is 0.173. The van der Waals surface area contributed by atoms with Gasteiger partial charge >= 0.3 is 0 Å². The highest BCUT2D eigenvalue weighted by atomic mass is 16.5. The van der Waals surface area contributed by atoms with Gasteiger partial charge in [-0.25, -0.2) is 0 Å². The molecule has 1 fully saturated rings. The zero-order chi connectivity index (χ0) is 15.2. The normalized spacial score (nSPS) is 24.7. The van der Waals surface area contributed by atoms with E-state index < -0.39 is 0 Å². The molecule has 1 N–H and O–H groups in total. The maximum absolute atomic E-state index is 6.22. The van der Waals surface area contributed by atoms with Crippen molar-refractivity contribution < 1.29 is 9.47 Å². The molecule has 1 aromatic rings.